The molecule has 3 nitrogen and oxygen atoms in total. The average molecular weight is 313 g/mol. The zero-order chi connectivity index (χ0) is 13.0. The van der Waals surface area contributed by atoms with E-state index in [0.717, 1.165) is 22.2 Å². The Morgan fingerprint density at radius 3 is 3.11 bits per heavy atom. The monoisotopic (exact) mass is 312 g/mol. The van der Waals surface area contributed by atoms with Crippen LogP contribution in [0.3, 0.4) is 0 Å². The minimum Gasteiger partial charge on any atom is -0.493 e. The van der Waals surface area contributed by atoms with Gasteiger partial charge in [-0.25, -0.2) is 0 Å². The minimum atomic E-state index is 0.194. The molecule has 0 bridgehead atoms. The van der Waals surface area contributed by atoms with Crippen LogP contribution >= 0.6 is 15.9 Å². The first kappa shape index (κ1) is 13.6. The molecule has 1 aromatic rings. The molecule has 0 N–H and O–H groups in total. The number of ether oxygens (including phenoxy) is 2. The summed E-state index contributed by atoms with van der Waals surface area (Å²) in [6, 6.07) is 4.04. The van der Waals surface area contributed by atoms with Crippen molar-refractivity contribution < 1.29 is 14.3 Å². The maximum atomic E-state index is 11.8. The van der Waals surface area contributed by atoms with Gasteiger partial charge in [-0.05, 0) is 24.6 Å². The van der Waals surface area contributed by atoms with Crippen molar-refractivity contribution in [2.75, 3.05) is 19.8 Å². The summed E-state index contributed by atoms with van der Waals surface area (Å²) in [5, 5.41) is 0. The molecule has 0 fully saturated rings. The van der Waals surface area contributed by atoms with E-state index in [1.54, 1.807) is 0 Å². The highest BCUT2D eigenvalue weighted by Gasteiger charge is 2.19. The molecule has 98 valence electrons. The van der Waals surface area contributed by atoms with Gasteiger partial charge in [0.05, 0.1) is 13.2 Å². The highest BCUT2D eigenvalue weighted by Crippen LogP contribution is 2.33. The molecule has 0 aromatic heterocycles. The number of halogens is 1. The Kier molecular flexibility index (Phi) is 4.78. The molecule has 1 aliphatic heterocycles. The third-order valence-electron chi connectivity index (χ3n) is 2.94. The summed E-state index contributed by atoms with van der Waals surface area (Å²) in [6.45, 7) is 3.81. The van der Waals surface area contributed by atoms with Gasteiger partial charge in [0.1, 0.15) is 11.5 Å². The van der Waals surface area contributed by atoms with Crippen LogP contribution in [0, 0.1) is 0 Å². The Balaban J connectivity index is 2.03. The van der Waals surface area contributed by atoms with Crippen LogP contribution in [0.4, 0.5) is 0 Å². The van der Waals surface area contributed by atoms with Crippen LogP contribution in [-0.4, -0.2) is 25.6 Å². The van der Waals surface area contributed by atoms with E-state index >= 15 is 0 Å². The first-order valence-electron chi connectivity index (χ1n) is 6.24. The lowest BCUT2D eigenvalue weighted by atomic mass is 10.0. The number of hydrogen-bond donors (Lipinski definition) is 0. The quantitative estimate of drug-likeness (QED) is 0.758. The summed E-state index contributed by atoms with van der Waals surface area (Å²) < 4.78 is 11.8. The molecule has 0 unspecified atom stereocenters. The second-order valence-corrected chi connectivity index (χ2v) is 5.23. The smallest absolute Gasteiger partial charge is 0.139 e. The summed E-state index contributed by atoms with van der Waals surface area (Å²) in [7, 11) is 0. The van der Waals surface area contributed by atoms with Gasteiger partial charge in [0.15, 0.2) is 0 Å². The molecule has 0 aliphatic carbocycles. The summed E-state index contributed by atoms with van der Waals surface area (Å²) in [5.74, 6) is 1.10. The highest BCUT2D eigenvalue weighted by molar-refractivity contribution is 9.10. The van der Waals surface area contributed by atoms with Gasteiger partial charge in [-0.2, -0.15) is 0 Å². The van der Waals surface area contributed by atoms with Crippen LogP contribution in [0.2, 0.25) is 0 Å². The molecule has 0 radical (unpaired) electrons. The molecule has 0 saturated heterocycles. The van der Waals surface area contributed by atoms with E-state index in [0.29, 0.717) is 32.7 Å². The van der Waals surface area contributed by atoms with Crippen LogP contribution in [0.5, 0.6) is 5.75 Å². The van der Waals surface area contributed by atoms with Crippen molar-refractivity contribution in [1.82, 2.24) is 0 Å². The van der Waals surface area contributed by atoms with Crippen molar-refractivity contribution in [1.29, 1.82) is 0 Å². The zero-order valence-corrected chi connectivity index (χ0v) is 12.1. The summed E-state index contributed by atoms with van der Waals surface area (Å²) in [5.41, 5.74) is 2.18. The van der Waals surface area contributed by atoms with E-state index in [1.165, 1.54) is 5.56 Å². The van der Waals surface area contributed by atoms with Crippen LogP contribution in [0.25, 0.3) is 0 Å². The van der Waals surface area contributed by atoms with Gasteiger partial charge in [0.25, 0.3) is 0 Å². The van der Waals surface area contributed by atoms with Crippen molar-refractivity contribution in [3.8, 4) is 5.75 Å². The van der Waals surface area contributed by atoms with Gasteiger partial charge < -0.3 is 9.47 Å². The largest absolute Gasteiger partial charge is 0.493 e. The SMILES string of the molecule is CCOCCC(=O)Cc1cc(Br)cc2c1OCC2. The number of fused-ring (bicyclic) bond motifs is 1. The molecule has 2 rings (SSSR count). The second-order valence-electron chi connectivity index (χ2n) is 4.31. The number of ketones is 1. The van der Waals surface area contributed by atoms with Gasteiger partial charge in [-0.15, -0.1) is 0 Å². The maximum absolute atomic E-state index is 11.8. The Morgan fingerprint density at radius 2 is 2.33 bits per heavy atom. The van der Waals surface area contributed by atoms with Crippen molar-refractivity contribution in [2.45, 2.75) is 26.2 Å². The molecule has 18 heavy (non-hydrogen) atoms. The molecule has 0 amide bonds. The summed E-state index contributed by atoms with van der Waals surface area (Å²) in [4.78, 5) is 11.8. The van der Waals surface area contributed by atoms with Gasteiger partial charge in [-0.1, -0.05) is 15.9 Å². The molecule has 0 saturated carbocycles. The molecule has 1 aliphatic rings. The predicted molar refractivity (Wildman–Crippen MR) is 73.2 cm³/mol. The Hall–Kier alpha value is -0.870. The summed E-state index contributed by atoms with van der Waals surface area (Å²) in [6.07, 6.45) is 1.82. The fourth-order valence-corrected chi connectivity index (χ4v) is 2.66. The van der Waals surface area contributed by atoms with E-state index in [2.05, 4.69) is 22.0 Å². The Labute approximate surface area is 116 Å². The third kappa shape index (κ3) is 3.33. The minimum absolute atomic E-state index is 0.194. The van der Waals surface area contributed by atoms with Crippen LogP contribution in [0.1, 0.15) is 24.5 Å². The van der Waals surface area contributed by atoms with Gasteiger partial charge >= 0.3 is 0 Å². The van der Waals surface area contributed by atoms with Crippen molar-refractivity contribution in [3.63, 3.8) is 0 Å². The lowest BCUT2D eigenvalue weighted by Crippen LogP contribution is -2.08. The number of rotatable bonds is 6. The molecule has 1 aromatic carbocycles. The summed E-state index contributed by atoms with van der Waals surface area (Å²) >= 11 is 3.48. The van der Waals surface area contributed by atoms with E-state index in [4.69, 9.17) is 9.47 Å². The van der Waals surface area contributed by atoms with Crippen molar-refractivity contribution in [3.05, 3.63) is 27.7 Å². The van der Waals surface area contributed by atoms with Gasteiger partial charge in [0.2, 0.25) is 0 Å². The fraction of sp³-hybridized carbons (Fsp3) is 0.500. The fourth-order valence-electron chi connectivity index (χ4n) is 2.11. The van der Waals surface area contributed by atoms with E-state index in [1.807, 2.05) is 13.0 Å². The van der Waals surface area contributed by atoms with Crippen molar-refractivity contribution >= 4 is 21.7 Å². The molecule has 1 heterocycles. The molecular formula is C14H17BrO3. The maximum Gasteiger partial charge on any atom is 0.139 e. The van der Waals surface area contributed by atoms with E-state index < -0.39 is 0 Å². The molecular weight excluding hydrogens is 296 g/mol. The second kappa shape index (κ2) is 6.34. The van der Waals surface area contributed by atoms with Crippen LogP contribution < -0.4 is 4.74 Å². The molecule has 4 heteroatoms. The number of hydrogen-bond acceptors (Lipinski definition) is 3. The number of Topliss-reactive ketones (excluding diaryl/α,β-unsaturated/α-hetero) is 1. The Bertz CT molecular complexity index is 443. The van der Waals surface area contributed by atoms with Crippen molar-refractivity contribution in [2.24, 2.45) is 0 Å². The topological polar surface area (TPSA) is 35.5 Å². The Morgan fingerprint density at radius 1 is 1.50 bits per heavy atom. The molecule has 0 atom stereocenters. The van der Waals surface area contributed by atoms with Crippen LogP contribution in [-0.2, 0) is 22.4 Å². The molecule has 0 spiro atoms. The van der Waals surface area contributed by atoms with E-state index in [9.17, 15) is 4.79 Å². The number of carbonyl (C=O) groups excluding carboxylic acids is 1. The normalized spacial score (nSPS) is 13.2. The number of carbonyl (C=O) groups is 1. The highest BCUT2D eigenvalue weighted by atomic mass is 79.9. The zero-order valence-electron chi connectivity index (χ0n) is 10.5. The lowest BCUT2D eigenvalue weighted by molar-refractivity contribution is -0.119. The lowest BCUT2D eigenvalue weighted by Gasteiger charge is -2.08. The van der Waals surface area contributed by atoms with Gasteiger partial charge in [0, 0.05) is 35.9 Å². The van der Waals surface area contributed by atoms with E-state index in [-0.39, 0.29) is 5.78 Å². The average Bonchev–Trinajstić information content (AvgIpc) is 2.77. The predicted octanol–water partition coefficient (Wildman–Crippen LogP) is 2.92. The standard InChI is InChI=1S/C14H17BrO3/c1-2-17-5-4-13(16)9-11-8-12(15)7-10-3-6-18-14(10)11/h7-8H,2-6,9H2,1H3. The first-order valence-corrected chi connectivity index (χ1v) is 7.03. The van der Waals surface area contributed by atoms with Gasteiger partial charge in [-0.3, -0.25) is 4.79 Å². The third-order valence-corrected chi connectivity index (χ3v) is 3.40. The number of benzene rings is 1. The first-order chi connectivity index (χ1) is 8.70. The van der Waals surface area contributed by atoms with Crippen LogP contribution in [0.15, 0.2) is 16.6 Å².